The van der Waals surface area contributed by atoms with E-state index in [0.717, 1.165) is 31.4 Å². The number of nitrogens with one attached hydrogen (secondary N) is 2. The van der Waals surface area contributed by atoms with Gasteiger partial charge in [0.05, 0.1) is 13.2 Å². The van der Waals surface area contributed by atoms with Crippen LogP contribution in [0.2, 0.25) is 0 Å². The topological polar surface area (TPSA) is 94.2 Å². The number of hydrogen-bond donors (Lipinski definition) is 2. The summed E-state index contributed by atoms with van der Waals surface area (Å²) in [5, 5.41) is 5.63. The fourth-order valence-electron chi connectivity index (χ4n) is 5.06. The number of ether oxygens (including phenoxy) is 1. The molecule has 2 heterocycles. The Morgan fingerprint density at radius 1 is 1.11 bits per heavy atom. The number of halogens is 3. The van der Waals surface area contributed by atoms with E-state index in [1.807, 2.05) is 16.7 Å². The summed E-state index contributed by atoms with van der Waals surface area (Å²) >= 11 is 0. The Bertz CT molecular complexity index is 949. The number of amides is 4. The lowest BCUT2D eigenvalue weighted by molar-refractivity contribution is -0.274. The number of carbonyl (C=O) groups excluding carboxylic acids is 3. The van der Waals surface area contributed by atoms with Gasteiger partial charge in [-0.1, -0.05) is 19.8 Å². The summed E-state index contributed by atoms with van der Waals surface area (Å²) in [6.45, 7) is 4.72. The largest absolute Gasteiger partial charge is 0.573 e. The highest BCUT2D eigenvalue weighted by Gasteiger charge is 2.55. The van der Waals surface area contributed by atoms with Crippen LogP contribution in [-0.4, -0.2) is 83.8 Å². The third-order valence-corrected chi connectivity index (χ3v) is 7.05. The summed E-state index contributed by atoms with van der Waals surface area (Å²) in [7, 11) is 0. The van der Waals surface area contributed by atoms with Gasteiger partial charge in [0, 0.05) is 31.9 Å². The first-order valence-corrected chi connectivity index (χ1v) is 11.8. The lowest BCUT2D eigenvalue weighted by atomic mass is 9.73. The van der Waals surface area contributed by atoms with E-state index in [1.54, 1.807) is 0 Å². The number of anilines is 1. The van der Waals surface area contributed by atoms with Gasteiger partial charge < -0.3 is 15.4 Å². The number of rotatable bonds is 6. The molecule has 1 aliphatic carbocycles. The summed E-state index contributed by atoms with van der Waals surface area (Å²) in [4.78, 5) is 43.4. The number of benzene rings is 1. The molecule has 2 N–H and O–H groups in total. The third kappa shape index (κ3) is 5.87. The van der Waals surface area contributed by atoms with Gasteiger partial charge in [-0.15, -0.1) is 13.2 Å². The standard InChI is InChI=1S/C23H30F3N5O4/c1-16-4-2-3-9-22(16)20(33)31(21(34)28-22)15-30-12-10-29(11-13-30)14-19(32)27-17-5-7-18(8-6-17)35-23(24,25)26/h5-8,16H,2-4,9-15H2,1H3,(H,27,32)(H,28,34)/t16-,22+/m0/s1. The molecule has 3 fully saturated rings. The van der Waals surface area contributed by atoms with Crippen LogP contribution in [-0.2, 0) is 9.59 Å². The SMILES string of the molecule is C[C@H]1CCCC[C@@]12NC(=O)N(CN1CCN(CC(=O)Nc3ccc(OC(F)(F)F)cc3)CC1)C2=O. The van der Waals surface area contributed by atoms with Gasteiger partial charge in [0.25, 0.3) is 5.91 Å². The molecule has 4 rings (SSSR count). The zero-order valence-electron chi connectivity index (χ0n) is 19.6. The molecule has 2 saturated heterocycles. The lowest BCUT2D eigenvalue weighted by Crippen LogP contribution is -2.55. The molecule has 1 saturated carbocycles. The molecule has 2 aliphatic heterocycles. The maximum Gasteiger partial charge on any atom is 0.573 e. The molecule has 3 aliphatic rings. The fraction of sp³-hybridized carbons (Fsp3) is 0.609. The van der Waals surface area contributed by atoms with E-state index in [9.17, 15) is 27.6 Å². The van der Waals surface area contributed by atoms with E-state index in [4.69, 9.17) is 0 Å². The quantitative estimate of drug-likeness (QED) is 0.587. The Hall–Kier alpha value is -2.86. The number of alkyl halides is 3. The van der Waals surface area contributed by atoms with Crippen molar-refractivity contribution < 1.29 is 32.3 Å². The monoisotopic (exact) mass is 497 g/mol. The summed E-state index contributed by atoms with van der Waals surface area (Å²) < 4.78 is 40.6. The second-order valence-electron chi connectivity index (χ2n) is 9.44. The zero-order chi connectivity index (χ0) is 25.2. The van der Waals surface area contributed by atoms with Crippen LogP contribution in [0.15, 0.2) is 24.3 Å². The minimum Gasteiger partial charge on any atom is -0.406 e. The minimum atomic E-state index is -4.77. The Balaban J connectivity index is 1.22. The molecule has 0 aromatic heterocycles. The van der Waals surface area contributed by atoms with Crippen molar-refractivity contribution in [3.8, 4) is 5.75 Å². The summed E-state index contributed by atoms with van der Waals surface area (Å²) in [5.74, 6) is -0.671. The predicted molar refractivity (Wildman–Crippen MR) is 120 cm³/mol. The Labute approximate surface area is 201 Å². The predicted octanol–water partition coefficient (Wildman–Crippen LogP) is 2.60. The zero-order valence-corrected chi connectivity index (χ0v) is 19.6. The molecule has 0 radical (unpaired) electrons. The number of piperazine rings is 1. The van der Waals surface area contributed by atoms with Crippen molar-refractivity contribution in [2.75, 3.05) is 44.7 Å². The number of hydrogen-bond acceptors (Lipinski definition) is 6. The molecular formula is C23H30F3N5O4. The smallest absolute Gasteiger partial charge is 0.406 e. The second kappa shape index (κ2) is 10.0. The van der Waals surface area contributed by atoms with Gasteiger partial charge >= 0.3 is 12.4 Å². The van der Waals surface area contributed by atoms with Crippen molar-refractivity contribution in [3.63, 3.8) is 0 Å². The molecule has 0 unspecified atom stereocenters. The summed E-state index contributed by atoms with van der Waals surface area (Å²) in [5.41, 5.74) is -0.403. The van der Waals surface area contributed by atoms with Crippen LogP contribution in [0.4, 0.5) is 23.7 Å². The lowest BCUT2D eigenvalue weighted by Gasteiger charge is -2.38. The van der Waals surface area contributed by atoms with Crippen molar-refractivity contribution in [2.24, 2.45) is 5.92 Å². The van der Waals surface area contributed by atoms with Crippen molar-refractivity contribution >= 4 is 23.5 Å². The van der Waals surface area contributed by atoms with E-state index >= 15 is 0 Å². The highest BCUT2D eigenvalue weighted by molar-refractivity contribution is 6.07. The fourth-order valence-corrected chi connectivity index (χ4v) is 5.06. The highest BCUT2D eigenvalue weighted by Crippen LogP contribution is 2.38. The average molecular weight is 498 g/mol. The van der Waals surface area contributed by atoms with Crippen LogP contribution in [0, 0.1) is 5.92 Å². The van der Waals surface area contributed by atoms with E-state index in [1.165, 1.54) is 17.0 Å². The minimum absolute atomic E-state index is 0.112. The van der Waals surface area contributed by atoms with E-state index < -0.39 is 11.9 Å². The molecule has 0 bridgehead atoms. The van der Waals surface area contributed by atoms with E-state index in [0.29, 0.717) is 38.3 Å². The molecule has 12 heteroatoms. The van der Waals surface area contributed by atoms with Crippen LogP contribution >= 0.6 is 0 Å². The second-order valence-corrected chi connectivity index (χ2v) is 9.44. The first kappa shape index (κ1) is 25.2. The number of carbonyl (C=O) groups is 3. The Kier molecular flexibility index (Phi) is 7.22. The van der Waals surface area contributed by atoms with E-state index in [-0.39, 0.29) is 42.7 Å². The normalized spacial score (nSPS) is 26.2. The van der Waals surface area contributed by atoms with Crippen LogP contribution in [0.3, 0.4) is 0 Å². The number of nitrogens with zero attached hydrogens (tertiary/aromatic N) is 3. The number of imide groups is 1. The van der Waals surface area contributed by atoms with Crippen molar-refractivity contribution in [3.05, 3.63) is 24.3 Å². The van der Waals surface area contributed by atoms with Gasteiger partial charge in [-0.25, -0.2) is 9.69 Å². The Morgan fingerprint density at radius 2 is 1.77 bits per heavy atom. The molecule has 35 heavy (non-hydrogen) atoms. The van der Waals surface area contributed by atoms with Crippen molar-refractivity contribution in [2.45, 2.75) is 44.5 Å². The molecule has 2 atom stereocenters. The third-order valence-electron chi connectivity index (χ3n) is 7.05. The first-order chi connectivity index (χ1) is 16.6. The molecular weight excluding hydrogens is 467 g/mol. The first-order valence-electron chi connectivity index (χ1n) is 11.8. The molecule has 1 aromatic rings. The van der Waals surface area contributed by atoms with Gasteiger partial charge in [-0.2, -0.15) is 0 Å². The molecule has 9 nitrogen and oxygen atoms in total. The van der Waals surface area contributed by atoms with Crippen LogP contribution in [0.5, 0.6) is 5.75 Å². The van der Waals surface area contributed by atoms with Crippen LogP contribution < -0.4 is 15.4 Å². The summed E-state index contributed by atoms with van der Waals surface area (Å²) in [6.07, 6.45) is -1.17. The Morgan fingerprint density at radius 3 is 2.40 bits per heavy atom. The van der Waals surface area contributed by atoms with Crippen molar-refractivity contribution in [1.29, 1.82) is 0 Å². The average Bonchev–Trinajstić information content (AvgIpc) is 3.02. The molecule has 1 spiro atoms. The molecule has 1 aromatic carbocycles. The van der Waals surface area contributed by atoms with Gasteiger partial charge in [0.1, 0.15) is 11.3 Å². The molecule has 4 amide bonds. The summed E-state index contributed by atoms with van der Waals surface area (Å²) in [6, 6.07) is 4.62. The van der Waals surface area contributed by atoms with Gasteiger partial charge in [0.2, 0.25) is 5.91 Å². The maximum atomic E-state index is 13.1. The van der Waals surface area contributed by atoms with Crippen LogP contribution in [0.1, 0.15) is 32.6 Å². The highest BCUT2D eigenvalue weighted by atomic mass is 19.4. The maximum absolute atomic E-state index is 13.1. The molecule has 192 valence electrons. The van der Waals surface area contributed by atoms with Crippen LogP contribution in [0.25, 0.3) is 0 Å². The van der Waals surface area contributed by atoms with Gasteiger partial charge in [-0.3, -0.25) is 19.4 Å². The van der Waals surface area contributed by atoms with Crippen molar-refractivity contribution in [1.82, 2.24) is 20.0 Å². The van der Waals surface area contributed by atoms with E-state index in [2.05, 4.69) is 15.4 Å². The van der Waals surface area contributed by atoms with Gasteiger partial charge in [-0.05, 0) is 43.0 Å². The van der Waals surface area contributed by atoms with Gasteiger partial charge in [0.15, 0.2) is 0 Å². The number of urea groups is 1.